The van der Waals surface area contributed by atoms with Crippen LogP contribution in [0.25, 0.3) is 0 Å². The second kappa shape index (κ2) is 5.18. The van der Waals surface area contributed by atoms with Gasteiger partial charge in [0, 0.05) is 0 Å². The summed E-state index contributed by atoms with van der Waals surface area (Å²) >= 11 is 0. The maximum Gasteiger partial charge on any atom is 0.419 e. The predicted octanol–water partition coefficient (Wildman–Crippen LogP) is 3.39. The van der Waals surface area contributed by atoms with Crippen molar-refractivity contribution in [1.29, 1.82) is 0 Å². The van der Waals surface area contributed by atoms with Crippen LogP contribution in [0.3, 0.4) is 0 Å². The summed E-state index contributed by atoms with van der Waals surface area (Å²) < 4.78 is 43.6. The van der Waals surface area contributed by atoms with Crippen LogP contribution in [0.2, 0.25) is 0 Å². The fraction of sp³-hybridized carbons (Fsp3) is 0.538. The van der Waals surface area contributed by atoms with Gasteiger partial charge in [-0.1, -0.05) is 18.6 Å². The monoisotopic (exact) mass is 260 g/mol. The van der Waals surface area contributed by atoms with Gasteiger partial charge in [0.05, 0.1) is 11.7 Å². The molecule has 1 aromatic rings. The lowest BCUT2D eigenvalue weighted by Crippen LogP contribution is -2.35. The highest BCUT2D eigenvalue weighted by atomic mass is 19.4. The summed E-state index contributed by atoms with van der Waals surface area (Å²) in [6.45, 7) is 0. The number of rotatable bonds is 2. The van der Waals surface area contributed by atoms with Crippen LogP contribution in [0.15, 0.2) is 24.3 Å². The molecule has 0 saturated heterocycles. The second-order valence-corrected chi connectivity index (χ2v) is 4.50. The summed E-state index contributed by atoms with van der Waals surface area (Å²) in [6, 6.07) is 5.11. The van der Waals surface area contributed by atoms with Crippen molar-refractivity contribution in [2.24, 2.45) is 0 Å². The quantitative estimate of drug-likeness (QED) is 0.883. The molecule has 1 saturated carbocycles. The Labute approximate surface area is 103 Å². The number of alkyl halides is 3. The third kappa shape index (κ3) is 2.96. The van der Waals surface area contributed by atoms with Crippen molar-refractivity contribution in [3.05, 3.63) is 29.8 Å². The number of halogens is 3. The molecular weight excluding hydrogens is 245 g/mol. The number of ether oxygens (including phenoxy) is 1. The molecule has 5 heteroatoms. The maximum atomic E-state index is 12.8. The zero-order valence-electron chi connectivity index (χ0n) is 9.78. The van der Waals surface area contributed by atoms with E-state index in [2.05, 4.69) is 0 Å². The number of benzene rings is 1. The molecule has 100 valence electrons. The largest absolute Gasteiger partial charge is 0.487 e. The van der Waals surface area contributed by atoms with Crippen molar-refractivity contribution in [3.63, 3.8) is 0 Å². The van der Waals surface area contributed by atoms with Crippen LogP contribution in [-0.2, 0) is 6.18 Å². The predicted molar refractivity (Wildman–Crippen MR) is 60.3 cm³/mol. The first-order chi connectivity index (χ1) is 8.48. The number of aliphatic hydroxyl groups is 1. The standard InChI is InChI=1S/C13H15F3O2/c14-13(15,16)9-5-1-3-7-11(9)18-12-8-4-2-6-10(12)17/h1,3,5,7,10,12,17H,2,4,6,8H2/t10-,12-/m0/s1. The molecular formula is C13H15F3O2. The summed E-state index contributed by atoms with van der Waals surface area (Å²) in [5, 5.41) is 9.72. The van der Waals surface area contributed by atoms with Crippen molar-refractivity contribution in [3.8, 4) is 5.75 Å². The van der Waals surface area contributed by atoms with E-state index in [0.29, 0.717) is 12.8 Å². The van der Waals surface area contributed by atoms with Crippen LogP contribution in [0.1, 0.15) is 31.2 Å². The SMILES string of the molecule is O[C@H]1CCCC[C@@H]1Oc1ccccc1C(F)(F)F. The Kier molecular flexibility index (Phi) is 3.80. The Bertz CT molecular complexity index is 403. The average Bonchev–Trinajstić information content (AvgIpc) is 2.31. The highest BCUT2D eigenvalue weighted by Crippen LogP contribution is 2.37. The molecule has 0 aromatic heterocycles. The maximum absolute atomic E-state index is 12.8. The van der Waals surface area contributed by atoms with E-state index in [1.54, 1.807) is 0 Å². The van der Waals surface area contributed by atoms with E-state index in [1.165, 1.54) is 18.2 Å². The van der Waals surface area contributed by atoms with Gasteiger partial charge in [0.1, 0.15) is 11.9 Å². The summed E-state index contributed by atoms with van der Waals surface area (Å²) in [7, 11) is 0. The Morgan fingerprint density at radius 3 is 2.44 bits per heavy atom. The van der Waals surface area contributed by atoms with Gasteiger partial charge in [-0.15, -0.1) is 0 Å². The molecule has 1 aliphatic carbocycles. The minimum atomic E-state index is -4.43. The summed E-state index contributed by atoms with van der Waals surface area (Å²) in [4.78, 5) is 0. The first kappa shape index (κ1) is 13.2. The molecule has 0 amide bonds. The lowest BCUT2D eigenvalue weighted by molar-refractivity contribution is -0.140. The Balaban J connectivity index is 2.18. The van der Waals surface area contributed by atoms with E-state index >= 15 is 0 Å². The van der Waals surface area contributed by atoms with Crippen LogP contribution in [-0.4, -0.2) is 17.3 Å². The Morgan fingerprint density at radius 1 is 1.11 bits per heavy atom. The molecule has 1 N–H and O–H groups in total. The van der Waals surface area contributed by atoms with Gasteiger partial charge >= 0.3 is 6.18 Å². The molecule has 0 bridgehead atoms. The molecule has 2 nitrogen and oxygen atoms in total. The van der Waals surface area contributed by atoms with E-state index in [4.69, 9.17) is 4.74 Å². The Morgan fingerprint density at radius 2 is 1.78 bits per heavy atom. The van der Waals surface area contributed by atoms with Gasteiger partial charge in [-0.2, -0.15) is 13.2 Å². The first-order valence-electron chi connectivity index (χ1n) is 5.99. The fourth-order valence-electron chi connectivity index (χ4n) is 2.18. The zero-order valence-corrected chi connectivity index (χ0v) is 9.78. The second-order valence-electron chi connectivity index (χ2n) is 4.50. The summed E-state index contributed by atoms with van der Waals surface area (Å²) in [6.07, 6.45) is -2.72. The summed E-state index contributed by atoms with van der Waals surface area (Å²) in [5.41, 5.74) is -0.789. The molecule has 0 spiro atoms. The third-order valence-corrected chi connectivity index (χ3v) is 3.14. The number of para-hydroxylation sites is 1. The van der Waals surface area contributed by atoms with Crippen molar-refractivity contribution in [2.45, 2.75) is 44.1 Å². The van der Waals surface area contributed by atoms with E-state index in [9.17, 15) is 18.3 Å². The van der Waals surface area contributed by atoms with Crippen LogP contribution in [0.4, 0.5) is 13.2 Å². The minimum absolute atomic E-state index is 0.198. The van der Waals surface area contributed by atoms with Crippen molar-refractivity contribution in [1.82, 2.24) is 0 Å². The van der Waals surface area contributed by atoms with Crippen molar-refractivity contribution >= 4 is 0 Å². The average molecular weight is 260 g/mol. The third-order valence-electron chi connectivity index (χ3n) is 3.14. The highest BCUT2D eigenvalue weighted by Gasteiger charge is 2.35. The molecule has 18 heavy (non-hydrogen) atoms. The van der Waals surface area contributed by atoms with Gasteiger partial charge in [-0.05, 0) is 31.4 Å². The molecule has 2 rings (SSSR count). The van der Waals surface area contributed by atoms with Gasteiger partial charge in [-0.25, -0.2) is 0 Å². The highest BCUT2D eigenvalue weighted by molar-refractivity contribution is 5.35. The molecule has 0 radical (unpaired) electrons. The van der Waals surface area contributed by atoms with E-state index in [1.807, 2.05) is 0 Å². The van der Waals surface area contributed by atoms with Gasteiger partial charge in [0.15, 0.2) is 0 Å². The topological polar surface area (TPSA) is 29.5 Å². The number of hydrogen-bond acceptors (Lipinski definition) is 2. The zero-order chi connectivity index (χ0) is 13.2. The van der Waals surface area contributed by atoms with Gasteiger partial charge in [-0.3, -0.25) is 0 Å². The van der Waals surface area contributed by atoms with Crippen LogP contribution in [0, 0.1) is 0 Å². The van der Waals surface area contributed by atoms with Crippen LogP contribution in [0.5, 0.6) is 5.75 Å². The number of aliphatic hydroxyl groups excluding tert-OH is 1. The van der Waals surface area contributed by atoms with Crippen LogP contribution < -0.4 is 4.74 Å². The fourth-order valence-corrected chi connectivity index (χ4v) is 2.18. The lowest BCUT2D eigenvalue weighted by Gasteiger charge is -2.29. The van der Waals surface area contributed by atoms with Crippen LogP contribution >= 0.6 is 0 Å². The van der Waals surface area contributed by atoms with Gasteiger partial charge < -0.3 is 9.84 Å². The molecule has 1 fully saturated rings. The van der Waals surface area contributed by atoms with E-state index in [-0.39, 0.29) is 5.75 Å². The van der Waals surface area contributed by atoms with Gasteiger partial charge in [0.25, 0.3) is 0 Å². The molecule has 1 aromatic carbocycles. The van der Waals surface area contributed by atoms with E-state index in [0.717, 1.165) is 18.9 Å². The normalized spacial score (nSPS) is 24.9. The molecule has 0 unspecified atom stereocenters. The molecule has 2 atom stereocenters. The molecule has 1 aliphatic rings. The first-order valence-corrected chi connectivity index (χ1v) is 5.99. The van der Waals surface area contributed by atoms with Gasteiger partial charge in [0.2, 0.25) is 0 Å². The van der Waals surface area contributed by atoms with Crippen molar-refractivity contribution < 1.29 is 23.0 Å². The minimum Gasteiger partial charge on any atom is -0.487 e. The lowest BCUT2D eigenvalue weighted by atomic mass is 9.95. The van der Waals surface area contributed by atoms with E-state index < -0.39 is 23.9 Å². The Hall–Kier alpha value is -1.23. The smallest absolute Gasteiger partial charge is 0.419 e. The molecule has 0 heterocycles. The number of hydrogen-bond donors (Lipinski definition) is 1. The van der Waals surface area contributed by atoms with Crippen molar-refractivity contribution in [2.75, 3.05) is 0 Å². The molecule has 0 aliphatic heterocycles. The summed E-state index contributed by atoms with van der Waals surface area (Å²) in [5.74, 6) is -0.198.